The van der Waals surface area contributed by atoms with Crippen LogP contribution in [0.15, 0.2) is 0 Å². The third kappa shape index (κ3) is 7.28. The maximum Gasteiger partial charge on any atom is 0.216 e. The van der Waals surface area contributed by atoms with E-state index in [2.05, 4.69) is 0 Å². The molecule has 0 aliphatic rings. The summed E-state index contributed by atoms with van der Waals surface area (Å²) in [4.78, 5) is 0. The first-order valence-electron chi connectivity index (χ1n) is 6.69. The highest BCUT2D eigenvalue weighted by molar-refractivity contribution is 7.89. The molecule has 0 aliphatic carbocycles. The van der Waals surface area contributed by atoms with Gasteiger partial charge in [0.2, 0.25) is 10.0 Å². The molecule has 0 fully saturated rings. The minimum atomic E-state index is -3.35. The van der Waals surface area contributed by atoms with Crippen LogP contribution in [0.1, 0.15) is 52.4 Å². The Kier molecular flexibility index (Phi) is 9.59. The monoisotopic (exact) mass is 283 g/mol. The Morgan fingerprint density at radius 3 is 2.06 bits per heavy atom. The number of halogens is 1. The summed E-state index contributed by atoms with van der Waals surface area (Å²) in [5.74, 6) is 0.0782. The molecule has 4 nitrogen and oxygen atoms in total. The summed E-state index contributed by atoms with van der Waals surface area (Å²) in [5.41, 5.74) is 0. The van der Waals surface area contributed by atoms with Crippen molar-refractivity contribution in [3.05, 3.63) is 0 Å². The lowest BCUT2D eigenvalue weighted by atomic mass is 10.1. The molecule has 0 bridgehead atoms. The van der Waals surface area contributed by atoms with Crippen LogP contribution in [0.25, 0.3) is 0 Å². The van der Waals surface area contributed by atoms with E-state index in [1.54, 1.807) is 6.92 Å². The van der Waals surface area contributed by atoms with Gasteiger partial charge in [0.15, 0.2) is 0 Å². The predicted octanol–water partition coefficient (Wildman–Crippen LogP) is 2.29. The van der Waals surface area contributed by atoms with E-state index in [1.165, 1.54) is 6.92 Å². The van der Waals surface area contributed by atoms with Crippen molar-refractivity contribution in [2.24, 2.45) is 0 Å². The van der Waals surface area contributed by atoms with Crippen molar-refractivity contribution in [1.29, 1.82) is 0 Å². The number of unbranched alkanes of at least 4 members (excludes halogenated alkanes) is 5. The van der Waals surface area contributed by atoms with Gasteiger partial charge in [0.25, 0.3) is 0 Å². The highest BCUT2D eigenvalue weighted by Gasteiger charge is 2.23. The maximum atomic E-state index is 11.9. The van der Waals surface area contributed by atoms with E-state index >= 15 is 0 Å². The molecule has 0 heterocycles. The van der Waals surface area contributed by atoms with Crippen molar-refractivity contribution < 1.29 is 17.9 Å². The van der Waals surface area contributed by atoms with E-state index in [1.807, 2.05) is 0 Å². The van der Waals surface area contributed by atoms with Crippen LogP contribution in [0, 0.1) is 0 Å². The summed E-state index contributed by atoms with van der Waals surface area (Å²) in [5, 5.41) is 9.36. The fourth-order valence-corrected chi connectivity index (χ4v) is 3.56. The van der Waals surface area contributed by atoms with E-state index in [9.17, 15) is 17.9 Å². The molecule has 0 aromatic rings. The number of sulfonamides is 1. The van der Waals surface area contributed by atoms with Gasteiger partial charge in [0.1, 0.15) is 6.23 Å². The van der Waals surface area contributed by atoms with Gasteiger partial charge >= 0.3 is 0 Å². The van der Waals surface area contributed by atoms with Gasteiger partial charge in [-0.05, 0) is 19.8 Å². The van der Waals surface area contributed by atoms with Gasteiger partial charge in [-0.1, -0.05) is 32.6 Å². The Morgan fingerprint density at radius 1 is 1.11 bits per heavy atom. The summed E-state index contributed by atoms with van der Waals surface area (Å²) < 4.78 is 36.6. The summed E-state index contributed by atoms with van der Waals surface area (Å²) in [6.45, 7) is 3.18. The molecule has 0 aliphatic heterocycles. The van der Waals surface area contributed by atoms with Crippen LogP contribution in [0.4, 0.5) is 4.39 Å². The predicted molar refractivity (Wildman–Crippen MR) is 71.5 cm³/mol. The minimum absolute atomic E-state index is 0.0782. The topological polar surface area (TPSA) is 57.6 Å². The molecule has 110 valence electrons. The highest BCUT2D eigenvalue weighted by atomic mass is 32.2. The van der Waals surface area contributed by atoms with Crippen molar-refractivity contribution in [2.45, 2.75) is 58.6 Å². The van der Waals surface area contributed by atoms with Gasteiger partial charge in [-0.25, -0.2) is 8.42 Å². The molecular formula is C12H26FNO3S. The molecule has 0 amide bonds. The van der Waals surface area contributed by atoms with Crippen LogP contribution in [0.2, 0.25) is 0 Å². The first-order valence-corrected chi connectivity index (χ1v) is 8.30. The molecule has 0 rings (SSSR count). The number of hydrogen-bond acceptors (Lipinski definition) is 3. The zero-order chi connectivity index (χ0) is 14.0. The number of nitrogens with zero attached hydrogens (tertiary/aromatic N) is 1. The Labute approximate surface area is 110 Å². The van der Waals surface area contributed by atoms with E-state index < -0.39 is 16.3 Å². The number of hydrogen-bond donors (Lipinski definition) is 1. The molecule has 0 saturated heterocycles. The zero-order valence-electron chi connectivity index (χ0n) is 11.4. The van der Waals surface area contributed by atoms with Crippen LogP contribution >= 0.6 is 0 Å². The van der Waals surface area contributed by atoms with Crippen LogP contribution in [0.5, 0.6) is 0 Å². The molecule has 0 saturated carbocycles. The van der Waals surface area contributed by atoms with Crippen molar-refractivity contribution >= 4 is 10.0 Å². The van der Waals surface area contributed by atoms with E-state index in [-0.39, 0.29) is 19.0 Å². The smallest absolute Gasteiger partial charge is 0.216 e. The van der Waals surface area contributed by atoms with E-state index in [0.717, 1.165) is 30.0 Å². The summed E-state index contributed by atoms with van der Waals surface area (Å²) >= 11 is 0. The normalized spacial score (nSPS) is 14.1. The third-order valence-corrected chi connectivity index (χ3v) is 4.95. The van der Waals surface area contributed by atoms with Crippen LogP contribution < -0.4 is 0 Å². The van der Waals surface area contributed by atoms with Crippen molar-refractivity contribution in [2.75, 3.05) is 19.0 Å². The first kappa shape index (κ1) is 17.8. The average Bonchev–Trinajstić information content (AvgIpc) is 2.27. The first-order chi connectivity index (χ1) is 8.45. The molecule has 0 radical (unpaired) electrons. The molecular weight excluding hydrogens is 257 g/mol. The summed E-state index contributed by atoms with van der Waals surface area (Å²) in [6, 6.07) is 0. The van der Waals surface area contributed by atoms with Crippen molar-refractivity contribution in [3.8, 4) is 0 Å². The average molecular weight is 283 g/mol. The van der Waals surface area contributed by atoms with Crippen molar-refractivity contribution in [3.63, 3.8) is 0 Å². The van der Waals surface area contributed by atoms with Crippen LogP contribution in [-0.4, -0.2) is 43.0 Å². The van der Waals surface area contributed by atoms with Crippen LogP contribution in [-0.2, 0) is 10.0 Å². The summed E-state index contributed by atoms with van der Waals surface area (Å²) in [6.07, 6.45) is 3.84. The molecule has 0 aromatic carbocycles. The number of aliphatic hydroxyl groups is 1. The lowest BCUT2D eigenvalue weighted by Crippen LogP contribution is -2.39. The molecule has 1 unspecified atom stereocenters. The van der Waals surface area contributed by atoms with Gasteiger partial charge in [-0.3, -0.25) is 4.39 Å². The number of aliphatic hydroxyl groups excluding tert-OH is 1. The molecule has 1 atom stereocenters. The fraction of sp³-hybridized carbons (Fsp3) is 1.00. The lowest BCUT2D eigenvalue weighted by molar-refractivity contribution is 0.0836. The second kappa shape index (κ2) is 9.69. The fourth-order valence-electron chi connectivity index (χ4n) is 1.90. The molecule has 6 heteroatoms. The molecule has 1 N–H and O–H groups in total. The Morgan fingerprint density at radius 2 is 1.61 bits per heavy atom. The lowest BCUT2D eigenvalue weighted by Gasteiger charge is -2.23. The van der Waals surface area contributed by atoms with Gasteiger partial charge in [-0.15, -0.1) is 0 Å². The Bertz CT molecular complexity index is 294. The summed E-state index contributed by atoms with van der Waals surface area (Å²) in [7, 11) is -3.35. The Balaban J connectivity index is 3.83. The second-order valence-corrected chi connectivity index (χ2v) is 6.50. The van der Waals surface area contributed by atoms with Crippen LogP contribution in [0.3, 0.4) is 0 Å². The van der Waals surface area contributed by atoms with Gasteiger partial charge in [0.05, 0.1) is 12.4 Å². The number of rotatable bonds is 11. The molecule has 0 aromatic heterocycles. The molecule has 0 spiro atoms. The second-order valence-electron chi connectivity index (χ2n) is 4.46. The standard InChI is InChI=1S/C12H26FNO3S/c1-3-14(12(2)15)18(16,17)11-9-7-5-4-6-8-10-13/h12,15H,3-11H2,1-2H3. The van der Waals surface area contributed by atoms with E-state index in [0.29, 0.717) is 12.8 Å². The van der Waals surface area contributed by atoms with Gasteiger partial charge < -0.3 is 5.11 Å². The van der Waals surface area contributed by atoms with E-state index in [4.69, 9.17) is 0 Å². The van der Waals surface area contributed by atoms with Gasteiger partial charge in [-0.2, -0.15) is 4.31 Å². The minimum Gasteiger partial charge on any atom is -0.378 e. The highest BCUT2D eigenvalue weighted by Crippen LogP contribution is 2.11. The largest absolute Gasteiger partial charge is 0.378 e. The molecule has 18 heavy (non-hydrogen) atoms. The SMILES string of the molecule is CCN(C(C)O)S(=O)(=O)CCCCCCCCF. The number of alkyl halides is 1. The third-order valence-electron chi connectivity index (χ3n) is 2.87. The Hall–Kier alpha value is -0.200. The maximum absolute atomic E-state index is 11.9. The zero-order valence-corrected chi connectivity index (χ0v) is 12.3. The van der Waals surface area contributed by atoms with Crippen molar-refractivity contribution in [1.82, 2.24) is 4.31 Å². The quantitative estimate of drug-likeness (QED) is 0.467. The van der Waals surface area contributed by atoms with Gasteiger partial charge in [0, 0.05) is 6.54 Å².